The van der Waals surface area contributed by atoms with Gasteiger partial charge in [0, 0.05) is 25.4 Å². The lowest BCUT2D eigenvalue weighted by molar-refractivity contribution is 0.0104. The molecule has 1 saturated heterocycles. The third kappa shape index (κ3) is 3.10. The summed E-state index contributed by atoms with van der Waals surface area (Å²) in [6.07, 6.45) is 9.63. The molecular formula is C12H16N2O2. The molecule has 2 rings (SSSR count). The van der Waals surface area contributed by atoms with Crippen LogP contribution in [0.5, 0.6) is 0 Å². The van der Waals surface area contributed by atoms with Crippen molar-refractivity contribution in [1.82, 2.24) is 9.97 Å². The van der Waals surface area contributed by atoms with E-state index in [0.717, 1.165) is 25.9 Å². The molecule has 1 unspecified atom stereocenters. The Kier molecular flexibility index (Phi) is 3.99. The van der Waals surface area contributed by atoms with Crippen molar-refractivity contribution in [2.45, 2.75) is 38.2 Å². The van der Waals surface area contributed by atoms with Crippen LogP contribution in [0.15, 0.2) is 18.6 Å². The van der Waals surface area contributed by atoms with Crippen LogP contribution in [0.1, 0.15) is 42.6 Å². The number of ketones is 1. The number of hydrogen-bond donors (Lipinski definition) is 0. The molecule has 0 bridgehead atoms. The minimum absolute atomic E-state index is 0.0577. The van der Waals surface area contributed by atoms with Crippen molar-refractivity contribution in [3.63, 3.8) is 0 Å². The van der Waals surface area contributed by atoms with E-state index in [1.807, 2.05) is 0 Å². The zero-order chi connectivity index (χ0) is 11.2. The SMILES string of the molecule is O=C(CCC1CCCCO1)c1cnccn1. The number of carbonyl (C=O) groups excluding carboxylic acids is 1. The second-order valence-electron chi connectivity index (χ2n) is 4.04. The number of aromatic nitrogens is 2. The monoisotopic (exact) mass is 220 g/mol. The van der Waals surface area contributed by atoms with Crippen molar-refractivity contribution >= 4 is 5.78 Å². The van der Waals surface area contributed by atoms with Crippen LogP contribution in [0.25, 0.3) is 0 Å². The Morgan fingerprint density at radius 3 is 3.06 bits per heavy atom. The molecule has 0 radical (unpaired) electrons. The zero-order valence-electron chi connectivity index (χ0n) is 9.26. The van der Waals surface area contributed by atoms with E-state index in [1.54, 1.807) is 12.4 Å². The first-order chi connectivity index (χ1) is 7.86. The fourth-order valence-corrected chi connectivity index (χ4v) is 1.90. The van der Waals surface area contributed by atoms with Gasteiger partial charge in [0.2, 0.25) is 0 Å². The van der Waals surface area contributed by atoms with Crippen LogP contribution in [0.2, 0.25) is 0 Å². The Morgan fingerprint density at radius 2 is 2.38 bits per heavy atom. The quantitative estimate of drug-likeness (QED) is 0.728. The third-order valence-electron chi connectivity index (χ3n) is 2.82. The first-order valence-corrected chi connectivity index (χ1v) is 5.77. The molecule has 2 heterocycles. The average Bonchev–Trinajstić information content (AvgIpc) is 2.38. The summed E-state index contributed by atoms with van der Waals surface area (Å²) in [5.74, 6) is 0.0577. The standard InChI is InChI=1S/C12H16N2O2/c15-12(11-9-13-6-7-14-11)5-4-10-3-1-2-8-16-10/h6-7,9-10H,1-5,8H2. The lowest BCUT2D eigenvalue weighted by Gasteiger charge is -2.21. The maximum absolute atomic E-state index is 11.7. The van der Waals surface area contributed by atoms with Gasteiger partial charge < -0.3 is 4.74 Å². The van der Waals surface area contributed by atoms with E-state index in [0.29, 0.717) is 12.1 Å². The van der Waals surface area contributed by atoms with Gasteiger partial charge in [-0.25, -0.2) is 4.98 Å². The summed E-state index contributed by atoms with van der Waals surface area (Å²) < 4.78 is 5.58. The summed E-state index contributed by atoms with van der Waals surface area (Å²) in [6, 6.07) is 0. The molecule has 0 saturated carbocycles. The molecule has 1 aliphatic heterocycles. The van der Waals surface area contributed by atoms with Crippen LogP contribution in [-0.4, -0.2) is 28.5 Å². The van der Waals surface area contributed by atoms with Gasteiger partial charge in [-0.3, -0.25) is 9.78 Å². The average molecular weight is 220 g/mol. The topological polar surface area (TPSA) is 52.1 Å². The van der Waals surface area contributed by atoms with Crippen molar-refractivity contribution < 1.29 is 9.53 Å². The van der Waals surface area contributed by atoms with Gasteiger partial charge in [-0.15, -0.1) is 0 Å². The highest BCUT2D eigenvalue weighted by molar-refractivity contribution is 5.93. The Balaban J connectivity index is 1.79. The molecule has 4 heteroatoms. The number of rotatable bonds is 4. The van der Waals surface area contributed by atoms with Gasteiger partial charge in [0.15, 0.2) is 5.78 Å². The van der Waals surface area contributed by atoms with Crippen LogP contribution in [-0.2, 0) is 4.74 Å². The summed E-state index contributed by atoms with van der Waals surface area (Å²) in [7, 11) is 0. The molecule has 0 spiro atoms. The predicted octanol–water partition coefficient (Wildman–Crippen LogP) is 2.01. The lowest BCUT2D eigenvalue weighted by Crippen LogP contribution is -2.20. The number of hydrogen-bond acceptors (Lipinski definition) is 4. The number of carbonyl (C=O) groups is 1. The fraction of sp³-hybridized carbons (Fsp3) is 0.583. The highest BCUT2D eigenvalue weighted by atomic mass is 16.5. The molecule has 1 fully saturated rings. The number of Topliss-reactive ketones (excluding diaryl/α,β-unsaturated/α-hetero) is 1. The van der Waals surface area contributed by atoms with Crippen molar-refractivity contribution in [3.05, 3.63) is 24.3 Å². The Labute approximate surface area is 95.1 Å². The van der Waals surface area contributed by atoms with Gasteiger partial charge in [0.25, 0.3) is 0 Å². The van der Waals surface area contributed by atoms with E-state index in [2.05, 4.69) is 9.97 Å². The Morgan fingerprint density at radius 1 is 1.44 bits per heavy atom. The van der Waals surface area contributed by atoms with Crippen LogP contribution >= 0.6 is 0 Å². The first-order valence-electron chi connectivity index (χ1n) is 5.77. The maximum Gasteiger partial charge on any atom is 0.182 e. The maximum atomic E-state index is 11.7. The van der Waals surface area contributed by atoms with E-state index < -0.39 is 0 Å². The fourth-order valence-electron chi connectivity index (χ4n) is 1.90. The molecule has 1 aliphatic rings. The first kappa shape index (κ1) is 11.2. The summed E-state index contributed by atoms with van der Waals surface area (Å²) >= 11 is 0. The third-order valence-corrected chi connectivity index (χ3v) is 2.82. The van der Waals surface area contributed by atoms with Crippen LogP contribution in [0, 0.1) is 0 Å². The van der Waals surface area contributed by atoms with Gasteiger partial charge in [-0.05, 0) is 25.7 Å². The van der Waals surface area contributed by atoms with Crippen LogP contribution < -0.4 is 0 Å². The van der Waals surface area contributed by atoms with Gasteiger partial charge in [0.05, 0.1) is 12.3 Å². The molecule has 4 nitrogen and oxygen atoms in total. The summed E-state index contributed by atoms with van der Waals surface area (Å²) in [6.45, 7) is 0.837. The highest BCUT2D eigenvalue weighted by Crippen LogP contribution is 2.17. The molecule has 0 aromatic carbocycles. The largest absolute Gasteiger partial charge is 0.378 e. The predicted molar refractivity (Wildman–Crippen MR) is 59.2 cm³/mol. The Bertz CT molecular complexity index is 334. The highest BCUT2D eigenvalue weighted by Gasteiger charge is 2.16. The van der Waals surface area contributed by atoms with Gasteiger partial charge in [-0.1, -0.05) is 0 Å². The zero-order valence-corrected chi connectivity index (χ0v) is 9.26. The lowest BCUT2D eigenvalue weighted by atomic mass is 10.0. The van der Waals surface area contributed by atoms with E-state index >= 15 is 0 Å². The second kappa shape index (κ2) is 5.70. The van der Waals surface area contributed by atoms with E-state index in [9.17, 15) is 4.79 Å². The second-order valence-corrected chi connectivity index (χ2v) is 4.04. The molecule has 1 aromatic heterocycles. The molecule has 1 atom stereocenters. The molecule has 16 heavy (non-hydrogen) atoms. The molecular weight excluding hydrogens is 204 g/mol. The minimum atomic E-state index is 0.0577. The molecule has 0 N–H and O–H groups in total. The molecule has 86 valence electrons. The van der Waals surface area contributed by atoms with Crippen LogP contribution in [0.3, 0.4) is 0 Å². The van der Waals surface area contributed by atoms with Crippen molar-refractivity contribution in [3.8, 4) is 0 Å². The van der Waals surface area contributed by atoms with Gasteiger partial charge in [-0.2, -0.15) is 0 Å². The number of ether oxygens (including phenoxy) is 1. The number of nitrogens with zero attached hydrogens (tertiary/aromatic N) is 2. The molecule has 0 aliphatic carbocycles. The van der Waals surface area contributed by atoms with Crippen molar-refractivity contribution in [2.75, 3.05) is 6.61 Å². The van der Waals surface area contributed by atoms with Crippen molar-refractivity contribution in [1.29, 1.82) is 0 Å². The summed E-state index contributed by atoms with van der Waals surface area (Å²) in [5, 5.41) is 0. The smallest absolute Gasteiger partial charge is 0.182 e. The molecule has 1 aromatic rings. The normalized spacial score (nSPS) is 20.6. The minimum Gasteiger partial charge on any atom is -0.378 e. The van der Waals surface area contributed by atoms with Crippen LogP contribution in [0.4, 0.5) is 0 Å². The Hall–Kier alpha value is -1.29. The van der Waals surface area contributed by atoms with Gasteiger partial charge >= 0.3 is 0 Å². The van der Waals surface area contributed by atoms with Crippen molar-refractivity contribution in [2.24, 2.45) is 0 Å². The van der Waals surface area contributed by atoms with Gasteiger partial charge in [0.1, 0.15) is 5.69 Å². The van der Waals surface area contributed by atoms with E-state index in [1.165, 1.54) is 12.6 Å². The summed E-state index contributed by atoms with van der Waals surface area (Å²) in [4.78, 5) is 19.6. The molecule has 0 amide bonds. The van der Waals surface area contributed by atoms with E-state index in [4.69, 9.17) is 4.74 Å². The summed E-state index contributed by atoms with van der Waals surface area (Å²) in [5.41, 5.74) is 0.457. The van der Waals surface area contributed by atoms with E-state index in [-0.39, 0.29) is 11.9 Å².